The van der Waals surface area contributed by atoms with Gasteiger partial charge in [0, 0.05) is 11.3 Å². The molecule has 17 heavy (non-hydrogen) atoms. The van der Waals surface area contributed by atoms with Gasteiger partial charge in [0.25, 0.3) is 5.22 Å². The van der Waals surface area contributed by atoms with Crippen LogP contribution in [0.5, 0.6) is 0 Å². The summed E-state index contributed by atoms with van der Waals surface area (Å²) in [7, 11) is 0. The average Bonchev–Trinajstić information content (AvgIpc) is 2.79. The minimum Gasteiger partial charge on any atom is -0.415 e. The van der Waals surface area contributed by atoms with Gasteiger partial charge in [-0.2, -0.15) is 0 Å². The highest BCUT2D eigenvalue weighted by Crippen LogP contribution is 2.23. The Hall–Kier alpha value is -1.47. The molecule has 0 unspecified atom stereocenters. The van der Waals surface area contributed by atoms with Crippen LogP contribution in [0.25, 0.3) is 0 Å². The zero-order valence-corrected chi connectivity index (χ0v) is 9.51. The number of aromatic nitrogens is 2. The van der Waals surface area contributed by atoms with Gasteiger partial charge in [-0.15, -0.1) is 10.2 Å². The summed E-state index contributed by atoms with van der Waals surface area (Å²) in [5, 5.41) is 7.65. The van der Waals surface area contributed by atoms with E-state index >= 15 is 0 Å². The van der Waals surface area contributed by atoms with Gasteiger partial charge in [0.05, 0.1) is 6.54 Å². The molecule has 2 aromatic rings. The van der Waals surface area contributed by atoms with Crippen LogP contribution in [0, 0.1) is 11.6 Å². The fraction of sp³-hybridized carbons (Fsp3) is 0.200. The van der Waals surface area contributed by atoms with Crippen molar-refractivity contribution in [3.8, 4) is 0 Å². The van der Waals surface area contributed by atoms with Gasteiger partial charge in [0.1, 0.15) is 0 Å². The maximum atomic E-state index is 13.3. The summed E-state index contributed by atoms with van der Waals surface area (Å²) < 4.78 is 31.3. The van der Waals surface area contributed by atoms with Crippen LogP contribution in [-0.4, -0.2) is 10.2 Å². The van der Waals surface area contributed by atoms with Crippen LogP contribution in [-0.2, 0) is 12.3 Å². The fourth-order valence-corrected chi connectivity index (χ4v) is 1.93. The van der Waals surface area contributed by atoms with Gasteiger partial charge in [-0.3, -0.25) is 0 Å². The van der Waals surface area contributed by atoms with Crippen molar-refractivity contribution in [1.29, 1.82) is 0 Å². The summed E-state index contributed by atoms with van der Waals surface area (Å²) in [5.41, 5.74) is 5.55. The molecule has 1 aromatic heterocycles. The molecule has 1 heterocycles. The second-order valence-corrected chi connectivity index (χ2v) is 4.09. The van der Waals surface area contributed by atoms with E-state index in [0.29, 0.717) is 5.89 Å². The molecule has 0 saturated heterocycles. The molecule has 2 N–H and O–H groups in total. The topological polar surface area (TPSA) is 64.9 Å². The number of hydrogen-bond donors (Lipinski definition) is 1. The first-order valence-electron chi connectivity index (χ1n) is 4.79. The maximum Gasteiger partial charge on any atom is 0.276 e. The van der Waals surface area contributed by atoms with E-state index in [1.807, 2.05) is 0 Å². The lowest BCUT2D eigenvalue weighted by Gasteiger charge is -2.00. The highest BCUT2D eigenvalue weighted by molar-refractivity contribution is 7.98. The molecule has 0 atom stereocenters. The van der Waals surface area contributed by atoms with Crippen LogP contribution >= 0.6 is 11.8 Å². The van der Waals surface area contributed by atoms with Crippen LogP contribution < -0.4 is 5.73 Å². The lowest BCUT2D eigenvalue weighted by Crippen LogP contribution is -1.95. The lowest BCUT2D eigenvalue weighted by molar-refractivity contribution is 0.414. The minimum atomic E-state index is -0.865. The standard InChI is InChI=1S/C10H9F2N3OS/c11-7-3-1-2-6(9(7)12)5-17-10-15-14-8(4-13)16-10/h1-3H,4-5,13H2. The van der Waals surface area contributed by atoms with E-state index in [1.54, 1.807) is 0 Å². The van der Waals surface area contributed by atoms with E-state index in [1.165, 1.54) is 12.1 Å². The molecule has 0 saturated carbocycles. The van der Waals surface area contributed by atoms with E-state index in [2.05, 4.69) is 10.2 Å². The summed E-state index contributed by atoms with van der Waals surface area (Å²) in [4.78, 5) is 0. The summed E-state index contributed by atoms with van der Waals surface area (Å²) in [6, 6.07) is 4.03. The Balaban J connectivity index is 2.04. The number of hydrogen-bond acceptors (Lipinski definition) is 5. The van der Waals surface area contributed by atoms with Crippen molar-refractivity contribution in [3.05, 3.63) is 41.3 Å². The van der Waals surface area contributed by atoms with Gasteiger partial charge < -0.3 is 10.2 Å². The molecule has 2 rings (SSSR count). The molecule has 0 radical (unpaired) electrons. The Kier molecular flexibility index (Phi) is 3.70. The highest BCUT2D eigenvalue weighted by atomic mass is 32.2. The molecule has 0 aliphatic carbocycles. The Morgan fingerprint density at radius 3 is 2.82 bits per heavy atom. The van der Waals surface area contributed by atoms with Crippen molar-refractivity contribution in [2.24, 2.45) is 5.73 Å². The van der Waals surface area contributed by atoms with Gasteiger partial charge >= 0.3 is 0 Å². The van der Waals surface area contributed by atoms with Crippen molar-refractivity contribution < 1.29 is 13.2 Å². The summed E-state index contributed by atoms with van der Waals surface area (Å²) >= 11 is 1.13. The molecule has 0 amide bonds. The van der Waals surface area contributed by atoms with Gasteiger partial charge in [0.2, 0.25) is 5.89 Å². The fourth-order valence-electron chi connectivity index (χ4n) is 1.18. The number of benzene rings is 1. The number of rotatable bonds is 4. The van der Waals surface area contributed by atoms with Crippen LogP contribution in [0.3, 0.4) is 0 Å². The molecule has 0 aliphatic rings. The van der Waals surface area contributed by atoms with Gasteiger partial charge in [0.15, 0.2) is 11.6 Å². The predicted octanol–water partition coefficient (Wildman–Crippen LogP) is 2.10. The number of nitrogens with zero attached hydrogens (tertiary/aromatic N) is 2. The van der Waals surface area contributed by atoms with E-state index < -0.39 is 11.6 Å². The van der Waals surface area contributed by atoms with Crippen LogP contribution in [0.1, 0.15) is 11.5 Å². The maximum absolute atomic E-state index is 13.3. The zero-order chi connectivity index (χ0) is 12.3. The third kappa shape index (κ3) is 2.80. The Morgan fingerprint density at radius 1 is 1.29 bits per heavy atom. The quantitative estimate of drug-likeness (QED) is 0.850. The average molecular weight is 257 g/mol. The van der Waals surface area contributed by atoms with Crippen LogP contribution in [0.2, 0.25) is 0 Å². The third-order valence-electron chi connectivity index (χ3n) is 2.01. The lowest BCUT2D eigenvalue weighted by atomic mass is 10.2. The number of halogens is 2. The van der Waals surface area contributed by atoms with Crippen LogP contribution in [0.15, 0.2) is 27.8 Å². The second kappa shape index (κ2) is 5.24. The van der Waals surface area contributed by atoms with Crippen molar-refractivity contribution >= 4 is 11.8 Å². The van der Waals surface area contributed by atoms with Crippen LogP contribution in [0.4, 0.5) is 8.78 Å². The molecule has 0 fully saturated rings. The van der Waals surface area contributed by atoms with Crippen molar-refractivity contribution in [2.75, 3.05) is 0 Å². The molecule has 1 aromatic carbocycles. The summed E-state index contributed by atoms with van der Waals surface area (Å²) in [6.07, 6.45) is 0. The summed E-state index contributed by atoms with van der Waals surface area (Å²) in [5.74, 6) is -1.18. The van der Waals surface area contributed by atoms with Gasteiger partial charge in [-0.05, 0) is 6.07 Å². The molecule has 0 spiro atoms. The molecule has 0 bridgehead atoms. The molecular weight excluding hydrogens is 248 g/mol. The summed E-state index contributed by atoms with van der Waals surface area (Å²) in [6.45, 7) is 0.155. The van der Waals surface area contributed by atoms with Crippen molar-refractivity contribution in [3.63, 3.8) is 0 Å². The zero-order valence-electron chi connectivity index (χ0n) is 8.69. The number of nitrogens with two attached hydrogens (primary N) is 1. The first-order chi connectivity index (χ1) is 8.20. The van der Waals surface area contributed by atoms with Gasteiger partial charge in [-0.25, -0.2) is 8.78 Å². The SMILES string of the molecule is NCc1nnc(SCc2cccc(F)c2F)o1. The number of thioether (sulfide) groups is 1. The van der Waals surface area contributed by atoms with Crippen molar-refractivity contribution in [1.82, 2.24) is 10.2 Å². The Bertz CT molecular complexity index is 518. The van der Waals surface area contributed by atoms with Crippen molar-refractivity contribution in [2.45, 2.75) is 17.5 Å². The normalized spacial score (nSPS) is 10.8. The first-order valence-corrected chi connectivity index (χ1v) is 5.77. The van der Waals surface area contributed by atoms with E-state index in [-0.39, 0.29) is 23.1 Å². The molecule has 4 nitrogen and oxygen atoms in total. The molecular formula is C10H9F2N3OS. The largest absolute Gasteiger partial charge is 0.415 e. The van der Waals surface area contributed by atoms with E-state index in [4.69, 9.17) is 10.2 Å². The highest BCUT2D eigenvalue weighted by Gasteiger charge is 2.10. The monoisotopic (exact) mass is 257 g/mol. The second-order valence-electron chi connectivity index (χ2n) is 3.17. The first kappa shape index (κ1) is 12.0. The minimum absolute atomic E-state index is 0.155. The van der Waals surface area contributed by atoms with E-state index in [0.717, 1.165) is 17.8 Å². The smallest absolute Gasteiger partial charge is 0.276 e. The molecule has 90 valence electrons. The Morgan fingerprint density at radius 2 is 2.12 bits per heavy atom. The molecule has 0 aliphatic heterocycles. The predicted molar refractivity (Wildman–Crippen MR) is 58.1 cm³/mol. The van der Waals surface area contributed by atoms with E-state index in [9.17, 15) is 8.78 Å². The Labute approximate surface area is 100 Å². The molecule has 7 heteroatoms. The van der Waals surface area contributed by atoms with Gasteiger partial charge in [-0.1, -0.05) is 23.9 Å². The third-order valence-corrected chi connectivity index (χ3v) is 2.87.